The Morgan fingerprint density at radius 1 is 1.07 bits per heavy atom. The second-order valence-electron chi connectivity index (χ2n) is 6.90. The maximum atomic E-state index is 12.3. The highest BCUT2D eigenvalue weighted by Gasteiger charge is 2.14. The minimum atomic E-state index is -0.0922. The predicted molar refractivity (Wildman–Crippen MR) is 117 cm³/mol. The highest BCUT2D eigenvalue weighted by Crippen LogP contribution is 2.22. The number of rotatable bonds is 5. The standard InChI is InChI=1S/C21H23N5O2S/c1-14-11-18(29-13-14)21(27)25-17-5-3-16(4-6-17)24-19-12-20(23-15(2)22-19)26-7-9-28-10-8-26/h3-6,11-13H,7-10H2,1-2H3,(H,25,27)(H,22,23,24). The van der Waals surface area contributed by atoms with Crippen LogP contribution in [0.1, 0.15) is 21.1 Å². The third-order valence-corrected chi connectivity index (χ3v) is 5.58. The highest BCUT2D eigenvalue weighted by molar-refractivity contribution is 7.12. The molecule has 7 nitrogen and oxygen atoms in total. The molecule has 29 heavy (non-hydrogen) atoms. The fourth-order valence-corrected chi connectivity index (χ4v) is 3.89. The number of aromatic nitrogens is 2. The summed E-state index contributed by atoms with van der Waals surface area (Å²) in [6.07, 6.45) is 0. The maximum absolute atomic E-state index is 12.3. The van der Waals surface area contributed by atoms with Gasteiger partial charge in [0.1, 0.15) is 17.5 Å². The highest BCUT2D eigenvalue weighted by atomic mass is 32.1. The van der Waals surface area contributed by atoms with Crippen LogP contribution in [0.2, 0.25) is 0 Å². The Morgan fingerprint density at radius 3 is 2.48 bits per heavy atom. The molecule has 0 atom stereocenters. The van der Waals surface area contributed by atoms with Crippen LogP contribution in [-0.2, 0) is 4.74 Å². The van der Waals surface area contributed by atoms with E-state index in [1.165, 1.54) is 11.3 Å². The first kappa shape index (κ1) is 19.4. The zero-order chi connectivity index (χ0) is 20.2. The van der Waals surface area contributed by atoms with Crippen molar-refractivity contribution in [3.63, 3.8) is 0 Å². The average molecular weight is 410 g/mol. The molecule has 0 radical (unpaired) electrons. The van der Waals surface area contributed by atoms with Crippen LogP contribution < -0.4 is 15.5 Å². The van der Waals surface area contributed by atoms with Gasteiger partial charge in [-0.05, 0) is 55.1 Å². The van der Waals surface area contributed by atoms with Gasteiger partial charge in [-0.2, -0.15) is 0 Å². The van der Waals surface area contributed by atoms with E-state index in [1.54, 1.807) is 0 Å². The molecule has 150 valence electrons. The van der Waals surface area contributed by atoms with Crippen molar-refractivity contribution in [2.24, 2.45) is 0 Å². The summed E-state index contributed by atoms with van der Waals surface area (Å²) in [6, 6.07) is 11.4. The topological polar surface area (TPSA) is 79.4 Å². The molecule has 1 amide bonds. The van der Waals surface area contributed by atoms with E-state index in [0.29, 0.717) is 23.9 Å². The number of carbonyl (C=O) groups is 1. The molecule has 2 N–H and O–H groups in total. The molecule has 0 spiro atoms. The van der Waals surface area contributed by atoms with Crippen LogP contribution in [0.15, 0.2) is 41.8 Å². The molecule has 8 heteroatoms. The SMILES string of the molecule is Cc1csc(C(=O)Nc2ccc(Nc3cc(N4CCOCC4)nc(C)n3)cc2)c1. The zero-order valence-electron chi connectivity index (χ0n) is 16.4. The predicted octanol–water partition coefficient (Wildman–Crippen LogP) is 3.99. The molecule has 3 aromatic rings. The molecule has 1 aromatic carbocycles. The Bertz CT molecular complexity index is 997. The summed E-state index contributed by atoms with van der Waals surface area (Å²) in [5.74, 6) is 2.26. The van der Waals surface area contributed by atoms with E-state index in [1.807, 2.05) is 55.6 Å². The molecule has 1 fully saturated rings. The number of thiophene rings is 1. The average Bonchev–Trinajstić information content (AvgIpc) is 3.16. The quantitative estimate of drug-likeness (QED) is 0.663. The lowest BCUT2D eigenvalue weighted by molar-refractivity contribution is 0.103. The van der Waals surface area contributed by atoms with E-state index in [-0.39, 0.29) is 5.91 Å². The van der Waals surface area contributed by atoms with Crippen molar-refractivity contribution in [2.75, 3.05) is 41.8 Å². The van der Waals surface area contributed by atoms with Gasteiger partial charge in [-0.25, -0.2) is 9.97 Å². The number of anilines is 4. The van der Waals surface area contributed by atoms with Crippen LogP contribution in [0.25, 0.3) is 0 Å². The Morgan fingerprint density at radius 2 is 1.79 bits per heavy atom. The summed E-state index contributed by atoms with van der Waals surface area (Å²) in [4.78, 5) is 24.2. The van der Waals surface area contributed by atoms with Gasteiger partial charge >= 0.3 is 0 Å². The number of nitrogens with zero attached hydrogens (tertiary/aromatic N) is 3. The van der Waals surface area contributed by atoms with Gasteiger partial charge < -0.3 is 20.3 Å². The molecule has 1 aliphatic rings. The Balaban J connectivity index is 1.43. The van der Waals surface area contributed by atoms with Crippen molar-refractivity contribution in [1.82, 2.24) is 9.97 Å². The maximum Gasteiger partial charge on any atom is 0.265 e. The molecule has 4 rings (SSSR count). The molecule has 0 unspecified atom stereocenters. The Hall–Kier alpha value is -2.97. The molecule has 2 aromatic heterocycles. The van der Waals surface area contributed by atoms with Gasteiger partial charge in [-0.15, -0.1) is 11.3 Å². The summed E-state index contributed by atoms with van der Waals surface area (Å²) in [7, 11) is 0. The summed E-state index contributed by atoms with van der Waals surface area (Å²) < 4.78 is 5.42. The first-order valence-corrected chi connectivity index (χ1v) is 10.4. The molecular weight excluding hydrogens is 386 g/mol. The lowest BCUT2D eigenvalue weighted by Crippen LogP contribution is -2.36. The van der Waals surface area contributed by atoms with E-state index in [9.17, 15) is 4.79 Å². The number of amides is 1. The minimum absolute atomic E-state index is 0.0922. The molecule has 0 bridgehead atoms. The summed E-state index contributed by atoms with van der Waals surface area (Å²) in [6.45, 7) is 6.95. The van der Waals surface area contributed by atoms with Crippen molar-refractivity contribution in [3.05, 3.63) is 58.0 Å². The van der Waals surface area contributed by atoms with Crippen molar-refractivity contribution >= 4 is 40.3 Å². The first-order valence-electron chi connectivity index (χ1n) is 9.49. The number of benzene rings is 1. The van der Waals surface area contributed by atoms with Gasteiger partial charge in [0.25, 0.3) is 5.91 Å². The summed E-state index contributed by atoms with van der Waals surface area (Å²) in [5, 5.41) is 8.21. The van der Waals surface area contributed by atoms with Gasteiger partial charge in [-0.3, -0.25) is 4.79 Å². The molecular formula is C21H23N5O2S. The van der Waals surface area contributed by atoms with Crippen molar-refractivity contribution < 1.29 is 9.53 Å². The van der Waals surface area contributed by atoms with Crippen LogP contribution in [0, 0.1) is 13.8 Å². The fraction of sp³-hybridized carbons (Fsp3) is 0.286. The van der Waals surface area contributed by atoms with E-state index in [2.05, 4.69) is 25.5 Å². The van der Waals surface area contributed by atoms with Crippen LogP contribution in [-0.4, -0.2) is 42.2 Å². The van der Waals surface area contributed by atoms with Crippen LogP contribution in [0.3, 0.4) is 0 Å². The monoisotopic (exact) mass is 409 g/mol. The van der Waals surface area contributed by atoms with Gasteiger partial charge in [-0.1, -0.05) is 0 Å². The van der Waals surface area contributed by atoms with Crippen molar-refractivity contribution in [2.45, 2.75) is 13.8 Å². The van der Waals surface area contributed by atoms with Crippen LogP contribution >= 0.6 is 11.3 Å². The molecule has 1 aliphatic heterocycles. The Kier molecular flexibility index (Phi) is 5.73. The Labute approximate surface area is 173 Å². The largest absolute Gasteiger partial charge is 0.378 e. The zero-order valence-corrected chi connectivity index (χ0v) is 17.3. The number of aryl methyl sites for hydroxylation is 2. The normalized spacial score (nSPS) is 13.9. The lowest BCUT2D eigenvalue weighted by Gasteiger charge is -2.28. The van der Waals surface area contributed by atoms with E-state index in [0.717, 1.165) is 41.7 Å². The van der Waals surface area contributed by atoms with Gasteiger partial charge in [0, 0.05) is 30.5 Å². The van der Waals surface area contributed by atoms with Crippen molar-refractivity contribution in [1.29, 1.82) is 0 Å². The summed E-state index contributed by atoms with van der Waals surface area (Å²) >= 11 is 1.45. The van der Waals surface area contributed by atoms with E-state index >= 15 is 0 Å². The molecule has 1 saturated heterocycles. The van der Waals surface area contributed by atoms with E-state index < -0.39 is 0 Å². The van der Waals surface area contributed by atoms with E-state index in [4.69, 9.17) is 4.74 Å². The molecule has 3 heterocycles. The van der Waals surface area contributed by atoms with Crippen LogP contribution in [0.4, 0.5) is 23.0 Å². The third-order valence-electron chi connectivity index (χ3n) is 4.53. The first-order chi connectivity index (χ1) is 14.1. The number of ether oxygens (including phenoxy) is 1. The van der Waals surface area contributed by atoms with Gasteiger partial charge in [0.05, 0.1) is 18.1 Å². The smallest absolute Gasteiger partial charge is 0.265 e. The molecule has 0 saturated carbocycles. The number of nitrogens with one attached hydrogen (secondary N) is 2. The number of morpholine rings is 1. The minimum Gasteiger partial charge on any atom is -0.378 e. The number of hydrogen-bond acceptors (Lipinski definition) is 7. The van der Waals surface area contributed by atoms with Gasteiger partial charge in [0.2, 0.25) is 0 Å². The second kappa shape index (κ2) is 8.59. The van der Waals surface area contributed by atoms with Crippen LogP contribution in [0.5, 0.6) is 0 Å². The third kappa shape index (κ3) is 4.90. The second-order valence-corrected chi connectivity index (χ2v) is 7.81. The molecule has 0 aliphatic carbocycles. The van der Waals surface area contributed by atoms with Crippen molar-refractivity contribution in [3.8, 4) is 0 Å². The van der Waals surface area contributed by atoms with Gasteiger partial charge in [0.15, 0.2) is 0 Å². The lowest BCUT2D eigenvalue weighted by atomic mass is 10.2. The number of carbonyl (C=O) groups excluding carboxylic acids is 1. The number of hydrogen-bond donors (Lipinski definition) is 2. The summed E-state index contributed by atoms with van der Waals surface area (Å²) in [5.41, 5.74) is 2.73. The fourth-order valence-electron chi connectivity index (χ4n) is 3.10.